The standard InChI is InChI=1S/C18H13F2N3OS/c19-12-2-1-10(7-21)11(5-12)9-25-18-15-6-13(20)3-4-14(15)16(8-22)17(24)23-18/h1-8,21-22H,9H2,(H,23,24). The maximum atomic E-state index is 13.7. The molecule has 1 heterocycles. The van der Waals surface area contributed by atoms with Crippen molar-refractivity contribution < 1.29 is 13.9 Å². The van der Waals surface area contributed by atoms with Crippen LogP contribution in [0, 0.1) is 22.5 Å². The third-order valence-electron chi connectivity index (χ3n) is 3.72. The van der Waals surface area contributed by atoms with E-state index in [1.165, 1.54) is 48.2 Å². The van der Waals surface area contributed by atoms with Crippen LogP contribution in [0.5, 0.6) is 5.88 Å². The maximum absolute atomic E-state index is 13.7. The molecule has 0 radical (unpaired) electrons. The van der Waals surface area contributed by atoms with E-state index in [-0.39, 0.29) is 11.4 Å². The van der Waals surface area contributed by atoms with Gasteiger partial charge in [-0.05, 0) is 40.8 Å². The van der Waals surface area contributed by atoms with Crippen molar-refractivity contribution in [1.82, 2.24) is 4.98 Å². The summed E-state index contributed by atoms with van der Waals surface area (Å²) in [5.41, 5.74) is 1.39. The molecule has 3 rings (SSSR count). The van der Waals surface area contributed by atoms with Gasteiger partial charge in [-0.3, -0.25) is 0 Å². The van der Waals surface area contributed by atoms with Crippen molar-refractivity contribution in [3.05, 3.63) is 64.7 Å². The molecule has 126 valence electrons. The zero-order valence-corrected chi connectivity index (χ0v) is 13.7. The Labute approximate surface area is 146 Å². The predicted octanol–water partition coefficient (Wildman–Crippen LogP) is 4.51. The number of benzene rings is 2. The van der Waals surface area contributed by atoms with Gasteiger partial charge in [0.15, 0.2) is 0 Å². The predicted molar refractivity (Wildman–Crippen MR) is 95.1 cm³/mol. The van der Waals surface area contributed by atoms with E-state index in [9.17, 15) is 13.9 Å². The first-order valence-corrected chi connectivity index (χ1v) is 8.26. The molecule has 0 amide bonds. The van der Waals surface area contributed by atoms with E-state index in [0.717, 1.165) is 12.4 Å². The minimum absolute atomic E-state index is 0.213. The lowest BCUT2D eigenvalue weighted by Gasteiger charge is -2.11. The summed E-state index contributed by atoms with van der Waals surface area (Å²) in [6.07, 6.45) is 2.10. The van der Waals surface area contributed by atoms with E-state index in [2.05, 4.69) is 4.98 Å². The normalized spacial score (nSPS) is 10.8. The number of hydrogen-bond donors (Lipinski definition) is 3. The van der Waals surface area contributed by atoms with Crippen LogP contribution in [0.2, 0.25) is 0 Å². The van der Waals surface area contributed by atoms with E-state index in [0.29, 0.717) is 32.7 Å². The van der Waals surface area contributed by atoms with Crippen LogP contribution in [0.25, 0.3) is 10.8 Å². The van der Waals surface area contributed by atoms with E-state index in [4.69, 9.17) is 10.8 Å². The van der Waals surface area contributed by atoms with Gasteiger partial charge < -0.3 is 15.9 Å². The Kier molecular flexibility index (Phi) is 4.76. The van der Waals surface area contributed by atoms with Gasteiger partial charge in [0, 0.05) is 23.6 Å². The van der Waals surface area contributed by atoms with Crippen molar-refractivity contribution >= 4 is 35.0 Å². The van der Waals surface area contributed by atoms with Crippen molar-refractivity contribution in [2.24, 2.45) is 0 Å². The third-order valence-corrected chi connectivity index (χ3v) is 4.76. The highest BCUT2D eigenvalue weighted by atomic mass is 32.2. The molecule has 0 atom stereocenters. The smallest absolute Gasteiger partial charge is 0.221 e. The largest absolute Gasteiger partial charge is 0.493 e. The van der Waals surface area contributed by atoms with Crippen LogP contribution in [0.15, 0.2) is 41.4 Å². The molecular weight excluding hydrogens is 344 g/mol. The van der Waals surface area contributed by atoms with E-state index in [1.807, 2.05) is 0 Å². The molecule has 0 fully saturated rings. The van der Waals surface area contributed by atoms with E-state index in [1.54, 1.807) is 0 Å². The Morgan fingerprint density at radius 2 is 1.72 bits per heavy atom. The molecule has 4 nitrogen and oxygen atoms in total. The van der Waals surface area contributed by atoms with Crippen LogP contribution in [0.1, 0.15) is 16.7 Å². The SMILES string of the molecule is N=Cc1ccc(F)cc1CSc1nc(O)c(C=N)c2ccc(F)cc12. The van der Waals surface area contributed by atoms with Gasteiger partial charge in [-0.2, -0.15) is 0 Å². The summed E-state index contributed by atoms with van der Waals surface area (Å²) < 4.78 is 27.1. The molecule has 0 saturated carbocycles. The molecule has 0 unspecified atom stereocenters. The number of halogens is 2. The van der Waals surface area contributed by atoms with Gasteiger partial charge in [-0.15, -0.1) is 11.8 Å². The van der Waals surface area contributed by atoms with E-state index < -0.39 is 11.6 Å². The lowest BCUT2D eigenvalue weighted by Crippen LogP contribution is -1.95. The van der Waals surface area contributed by atoms with Gasteiger partial charge >= 0.3 is 0 Å². The Morgan fingerprint density at radius 3 is 2.44 bits per heavy atom. The van der Waals surface area contributed by atoms with Crippen LogP contribution in [0.3, 0.4) is 0 Å². The fraction of sp³-hybridized carbons (Fsp3) is 0.0556. The molecule has 3 N–H and O–H groups in total. The summed E-state index contributed by atoms with van der Waals surface area (Å²) in [6.45, 7) is 0. The Hall–Kier alpha value is -2.80. The second-order valence-corrected chi connectivity index (χ2v) is 6.23. The number of hydrogen-bond acceptors (Lipinski definition) is 5. The number of rotatable bonds is 5. The summed E-state index contributed by atoms with van der Waals surface area (Å²) in [6, 6.07) is 8.16. The fourth-order valence-electron chi connectivity index (χ4n) is 2.50. The average Bonchev–Trinajstić information content (AvgIpc) is 2.60. The molecule has 1 aromatic heterocycles. The second-order valence-electron chi connectivity index (χ2n) is 5.26. The number of fused-ring (bicyclic) bond motifs is 1. The number of nitrogens with one attached hydrogen (secondary N) is 2. The van der Waals surface area contributed by atoms with Crippen molar-refractivity contribution in [3.63, 3.8) is 0 Å². The van der Waals surface area contributed by atoms with Gasteiger partial charge in [0.2, 0.25) is 5.88 Å². The zero-order valence-electron chi connectivity index (χ0n) is 12.9. The van der Waals surface area contributed by atoms with Crippen LogP contribution in [0.4, 0.5) is 8.78 Å². The summed E-state index contributed by atoms with van der Waals surface area (Å²) in [4.78, 5) is 4.06. The molecule has 2 aromatic carbocycles. The first-order valence-electron chi connectivity index (χ1n) is 7.28. The van der Waals surface area contributed by atoms with Gasteiger partial charge in [0.1, 0.15) is 16.7 Å². The summed E-state index contributed by atoms with van der Waals surface area (Å²) in [5, 5.41) is 26.2. The number of pyridine rings is 1. The monoisotopic (exact) mass is 357 g/mol. The molecule has 0 aliphatic rings. The molecule has 0 aliphatic carbocycles. The number of nitrogens with zero attached hydrogens (tertiary/aromatic N) is 1. The average molecular weight is 357 g/mol. The molecular formula is C18H13F2N3OS. The highest BCUT2D eigenvalue weighted by molar-refractivity contribution is 7.98. The fourth-order valence-corrected chi connectivity index (χ4v) is 3.52. The Bertz CT molecular complexity index is 992. The van der Waals surface area contributed by atoms with Crippen LogP contribution in [-0.4, -0.2) is 22.5 Å². The van der Waals surface area contributed by atoms with Gasteiger partial charge in [-0.1, -0.05) is 12.1 Å². The van der Waals surface area contributed by atoms with Gasteiger partial charge in [0.05, 0.1) is 5.56 Å². The zero-order chi connectivity index (χ0) is 18.0. The van der Waals surface area contributed by atoms with Crippen LogP contribution >= 0.6 is 11.8 Å². The quantitative estimate of drug-likeness (QED) is 0.464. The lowest BCUT2D eigenvalue weighted by atomic mass is 10.1. The van der Waals surface area contributed by atoms with Gasteiger partial charge in [-0.25, -0.2) is 13.8 Å². The molecule has 3 aromatic rings. The second kappa shape index (κ2) is 6.98. The molecule has 0 spiro atoms. The maximum Gasteiger partial charge on any atom is 0.221 e. The molecule has 7 heteroatoms. The Balaban J connectivity index is 2.05. The van der Waals surface area contributed by atoms with Crippen molar-refractivity contribution in [3.8, 4) is 5.88 Å². The minimum atomic E-state index is -0.455. The number of aromatic hydroxyl groups is 1. The van der Waals surface area contributed by atoms with Crippen LogP contribution < -0.4 is 0 Å². The van der Waals surface area contributed by atoms with Gasteiger partial charge in [0.25, 0.3) is 0 Å². The summed E-state index contributed by atoms with van der Waals surface area (Å²) in [5.74, 6) is -0.885. The lowest BCUT2D eigenvalue weighted by molar-refractivity contribution is 0.449. The Morgan fingerprint density at radius 1 is 1.00 bits per heavy atom. The first kappa shape index (κ1) is 17.0. The molecule has 0 bridgehead atoms. The highest BCUT2D eigenvalue weighted by Crippen LogP contribution is 2.34. The van der Waals surface area contributed by atoms with Crippen LogP contribution in [-0.2, 0) is 5.75 Å². The van der Waals surface area contributed by atoms with E-state index >= 15 is 0 Å². The summed E-state index contributed by atoms with van der Waals surface area (Å²) >= 11 is 1.20. The molecule has 25 heavy (non-hydrogen) atoms. The van der Waals surface area contributed by atoms with Crippen molar-refractivity contribution in [1.29, 1.82) is 10.8 Å². The first-order chi connectivity index (χ1) is 12.0. The number of aromatic nitrogens is 1. The topological polar surface area (TPSA) is 80.8 Å². The molecule has 0 saturated heterocycles. The highest BCUT2D eigenvalue weighted by Gasteiger charge is 2.14. The van der Waals surface area contributed by atoms with Crippen molar-refractivity contribution in [2.75, 3.05) is 0 Å². The minimum Gasteiger partial charge on any atom is -0.493 e. The summed E-state index contributed by atoms with van der Waals surface area (Å²) in [7, 11) is 0. The van der Waals surface area contributed by atoms with Crippen molar-refractivity contribution in [2.45, 2.75) is 10.8 Å². The third kappa shape index (κ3) is 3.36. The molecule has 0 aliphatic heterocycles. The number of thioether (sulfide) groups is 1.